The summed E-state index contributed by atoms with van der Waals surface area (Å²) in [7, 11) is 4.52. The highest BCUT2D eigenvalue weighted by Gasteiger charge is 2.34. The van der Waals surface area contributed by atoms with Crippen LogP contribution in [0.2, 0.25) is 0 Å². The largest absolute Gasteiger partial charge is 0.493 e. The minimum atomic E-state index is -0.406. The molecule has 1 aliphatic heterocycles. The van der Waals surface area contributed by atoms with Gasteiger partial charge in [-0.25, -0.2) is 0 Å². The number of carbonyl (C=O) groups excluding carboxylic acids is 3. The number of aryl methyl sites for hydroxylation is 2. The number of nitrogens with one attached hydrogen (secondary N) is 1. The third kappa shape index (κ3) is 5.30. The summed E-state index contributed by atoms with van der Waals surface area (Å²) in [6.45, 7) is 0.263. The van der Waals surface area contributed by atoms with Crippen molar-refractivity contribution in [1.29, 1.82) is 0 Å². The molecule has 0 bridgehead atoms. The van der Waals surface area contributed by atoms with E-state index < -0.39 is 5.91 Å². The van der Waals surface area contributed by atoms with E-state index in [4.69, 9.17) is 14.2 Å². The lowest BCUT2D eigenvalue weighted by atomic mass is 9.90. The minimum Gasteiger partial charge on any atom is -0.493 e. The summed E-state index contributed by atoms with van der Waals surface area (Å²) in [6, 6.07) is 9.21. The highest BCUT2D eigenvalue weighted by atomic mass is 32.2. The van der Waals surface area contributed by atoms with Crippen LogP contribution in [0, 0.1) is 0 Å². The highest BCUT2D eigenvalue weighted by molar-refractivity contribution is 8.18. The van der Waals surface area contributed by atoms with Crippen molar-refractivity contribution in [3.8, 4) is 17.2 Å². The number of imide groups is 1. The summed E-state index contributed by atoms with van der Waals surface area (Å²) < 4.78 is 16.0. The third-order valence-electron chi connectivity index (χ3n) is 6.09. The van der Waals surface area contributed by atoms with Crippen molar-refractivity contribution in [1.82, 2.24) is 10.2 Å². The number of rotatable bonds is 8. The van der Waals surface area contributed by atoms with Crippen LogP contribution in [0.15, 0.2) is 35.2 Å². The Labute approximate surface area is 208 Å². The summed E-state index contributed by atoms with van der Waals surface area (Å²) >= 11 is 0.857. The van der Waals surface area contributed by atoms with Gasteiger partial charge >= 0.3 is 0 Å². The van der Waals surface area contributed by atoms with Gasteiger partial charge in [0.25, 0.3) is 17.1 Å². The van der Waals surface area contributed by atoms with Gasteiger partial charge in [-0.3, -0.25) is 19.3 Å². The fourth-order valence-electron chi connectivity index (χ4n) is 4.29. The molecule has 0 unspecified atom stereocenters. The van der Waals surface area contributed by atoms with Gasteiger partial charge in [0.1, 0.15) is 0 Å². The van der Waals surface area contributed by atoms with E-state index >= 15 is 0 Å². The van der Waals surface area contributed by atoms with E-state index in [2.05, 4.69) is 5.32 Å². The molecule has 0 atom stereocenters. The van der Waals surface area contributed by atoms with Gasteiger partial charge in [-0.15, -0.1) is 0 Å². The fourth-order valence-corrected chi connectivity index (χ4v) is 5.15. The first kappa shape index (κ1) is 24.7. The number of methoxy groups -OCH3 is 3. The Morgan fingerprint density at radius 1 is 1.00 bits per heavy atom. The number of amides is 3. The van der Waals surface area contributed by atoms with E-state index in [0.29, 0.717) is 28.4 Å². The Morgan fingerprint density at radius 3 is 2.34 bits per heavy atom. The van der Waals surface area contributed by atoms with Gasteiger partial charge in [-0.1, -0.05) is 6.07 Å². The molecule has 8 nitrogen and oxygen atoms in total. The standard InChI is InChI=1S/C26H28N2O6S/c1-32-20-12-16(13-21(33-2)23(20)34-3)14-22-25(30)28(26(31)35-22)11-10-27-24(29)19-9-8-17-6-4-5-7-18(17)15-19/h8-9,12-15H,4-7,10-11H2,1-3H3,(H,27,29)/b22-14+. The molecule has 3 amide bonds. The zero-order chi connectivity index (χ0) is 24.9. The number of ether oxygens (including phenoxy) is 3. The zero-order valence-electron chi connectivity index (χ0n) is 20.0. The van der Waals surface area contributed by atoms with Crippen LogP contribution in [-0.2, 0) is 17.6 Å². The summed E-state index contributed by atoms with van der Waals surface area (Å²) in [5.74, 6) is 0.717. The average molecular weight is 497 g/mol. The van der Waals surface area contributed by atoms with Crippen molar-refractivity contribution in [2.45, 2.75) is 25.7 Å². The normalized spacial score (nSPS) is 16.3. The molecule has 0 radical (unpaired) electrons. The third-order valence-corrected chi connectivity index (χ3v) is 7.00. The molecule has 1 saturated heterocycles. The number of hydrogen-bond donors (Lipinski definition) is 1. The predicted octanol–water partition coefficient (Wildman–Crippen LogP) is 4.06. The number of fused-ring (bicyclic) bond motifs is 1. The average Bonchev–Trinajstić information content (AvgIpc) is 3.14. The Morgan fingerprint density at radius 2 is 1.69 bits per heavy atom. The molecule has 2 aromatic rings. The molecule has 9 heteroatoms. The smallest absolute Gasteiger partial charge is 0.293 e. The van der Waals surface area contributed by atoms with E-state index in [-0.39, 0.29) is 29.1 Å². The number of nitrogens with zero attached hydrogens (tertiary/aromatic N) is 1. The van der Waals surface area contributed by atoms with Crippen LogP contribution in [0.4, 0.5) is 4.79 Å². The molecule has 1 fully saturated rings. The first-order valence-corrected chi connectivity index (χ1v) is 12.2. The van der Waals surface area contributed by atoms with Crippen molar-refractivity contribution in [2.75, 3.05) is 34.4 Å². The molecule has 0 aromatic heterocycles. The minimum absolute atomic E-state index is 0.0912. The Bertz CT molecular complexity index is 1170. The van der Waals surface area contributed by atoms with Gasteiger partial charge in [0.2, 0.25) is 5.75 Å². The first-order chi connectivity index (χ1) is 16.9. The SMILES string of the molecule is COc1cc(/C=C2/SC(=O)N(CCNC(=O)c3ccc4c(c3)CCCC4)C2=O)cc(OC)c1OC. The Kier molecular flexibility index (Phi) is 7.65. The first-order valence-electron chi connectivity index (χ1n) is 11.4. The van der Waals surface area contributed by atoms with Crippen molar-refractivity contribution < 1.29 is 28.6 Å². The molecule has 2 aromatic carbocycles. The molecular formula is C26H28N2O6S. The van der Waals surface area contributed by atoms with Gasteiger partial charge in [-0.2, -0.15) is 0 Å². The maximum atomic E-state index is 12.9. The molecular weight excluding hydrogens is 468 g/mol. The van der Waals surface area contributed by atoms with Crippen LogP contribution in [0.3, 0.4) is 0 Å². The molecule has 1 heterocycles. The number of benzene rings is 2. The van der Waals surface area contributed by atoms with Gasteiger partial charge in [0, 0.05) is 18.7 Å². The van der Waals surface area contributed by atoms with Crippen LogP contribution in [-0.4, -0.2) is 56.4 Å². The quantitative estimate of drug-likeness (QED) is 0.551. The maximum Gasteiger partial charge on any atom is 0.293 e. The van der Waals surface area contributed by atoms with Gasteiger partial charge in [0.15, 0.2) is 11.5 Å². The molecule has 1 N–H and O–H groups in total. The second-order valence-electron chi connectivity index (χ2n) is 8.24. The molecule has 35 heavy (non-hydrogen) atoms. The van der Waals surface area contributed by atoms with Crippen LogP contribution in [0.1, 0.15) is 39.9 Å². The van der Waals surface area contributed by atoms with Gasteiger partial charge < -0.3 is 19.5 Å². The topological polar surface area (TPSA) is 94.2 Å². The number of hydrogen-bond acceptors (Lipinski definition) is 7. The maximum absolute atomic E-state index is 12.9. The fraction of sp³-hybridized carbons (Fsp3) is 0.346. The van der Waals surface area contributed by atoms with E-state index in [1.807, 2.05) is 18.2 Å². The molecule has 0 spiro atoms. The Balaban J connectivity index is 1.40. The second kappa shape index (κ2) is 10.9. The van der Waals surface area contributed by atoms with E-state index in [1.54, 1.807) is 18.2 Å². The van der Waals surface area contributed by atoms with E-state index in [0.717, 1.165) is 35.9 Å². The van der Waals surface area contributed by atoms with Crippen LogP contribution >= 0.6 is 11.8 Å². The van der Waals surface area contributed by atoms with Crippen molar-refractivity contribution in [3.05, 3.63) is 57.5 Å². The van der Waals surface area contributed by atoms with E-state index in [1.165, 1.54) is 38.9 Å². The summed E-state index contributed by atoms with van der Waals surface area (Å²) in [5, 5.41) is 2.44. The summed E-state index contributed by atoms with van der Waals surface area (Å²) in [4.78, 5) is 39.4. The van der Waals surface area contributed by atoms with Crippen molar-refractivity contribution in [2.24, 2.45) is 0 Å². The van der Waals surface area contributed by atoms with Crippen LogP contribution in [0.25, 0.3) is 6.08 Å². The molecule has 0 saturated carbocycles. The van der Waals surface area contributed by atoms with Crippen LogP contribution < -0.4 is 19.5 Å². The lowest BCUT2D eigenvalue weighted by Gasteiger charge is -2.17. The van der Waals surface area contributed by atoms with Gasteiger partial charge in [-0.05, 0) is 84.5 Å². The second-order valence-corrected chi connectivity index (χ2v) is 9.23. The highest BCUT2D eigenvalue weighted by Crippen LogP contribution is 2.40. The van der Waals surface area contributed by atoms with Crippen molar-refractivity contribution in [3.63, 3.8) is 0 Å². The molecule has 2 aliphatic rings. The van der Waals surface area contributed by atoms with E-state index in [9.17, 15) is 14.4 Å². The summed E-state index contributed by atoms with van der Waals surface area (Å²) in [6.07, 6.45) is 5.98. The number of carbonyl (C=O) groups is 3. The van der Waals surface area contributed by atoms with Crippen molar-refractivity contribution >= 4 is 34.9 Å². The summed E-state index contributed by atoms with van der Waals surface area (Å²) in [5.41, 5.74) is 3.77. The monoisotopic (exact) mass is 496 g/mol. The molecule has 1 aliphatic carbocycles. The number of thioether (sulfide) groups is 1. The lowest BCUT2D eigenvalue weighted by Crippen LogP contribution is -2.37. The molecule has 184 valence electrons. The zero-order valence-corrected chi connectivity index (χ0v) is 20.8. The predicted molar refractivity (Wildman–Crippen MR) is 134 cm³/mol. The Hall–Kier alpha value is -3.46. The molecule has 4 rings (SSSR count). The van der Waals surface area contributed by atoms with Gasteiger partial charge in [0.05, 0.1) is 26.2 Å². The van der Waals surface area contributed by atoms with Crippen LogP contribution in [0.5, 0.6) is 17.2 Å². The lowest BCUT2D eigenvalue weighted by molar-refractivity contribution is -0.122.